The van der Waals surface area contributed by atoms with Crippen LogP contribution in [0.25, 0.3) is 0 Å². The molecular formula is C10H19N3O4. The molecule has 0 aromatic carbocycles. The first-order chi connectivity index (χ1) is 8.01. The topological polar surface area (TPSA) is 87.7 Å². The molecule has 17 heavy (non-hydrogen) atoms. The van der Waals surface area contributed by atoms with Gasteiger partial charge in [-0.1, -0.05) is 6.92 Å². The standard InChI is InChI=1S/C10H19N3O4/c1-4-5-11-8(14)7-13(2)9(15)6-12-10(16)17-3/h4-7H2,1-3H3,(H,11,14)(H,12,16). The highest BCUT2D eigenvalue weighted by molar-refractivity contribution is 5.87. The number of methoxy groups -OCH3 is 1. The molecule has 2 N–H and O–H groups in total. The Bertz CT molecular complexity index is 281. The van der Waals surface area contributed by atoms with E-state index in [1.165, 1.54) is 19.1 Å². The Morgan fingerprint density at radius 1 is 1.24 bits per heavy atom. The van der Waals surface area contributed by atoms with Gasteiger partial charge in [-0.25, -0.2) is 4.79 Å². The van der Waals surface area contributed by atoms with Crippen LogP contribution in [0.1, 0.15) is 13.3 Å². The number of rotatable bonds is 6. The third kappa shape index (κ3) is 7.15. The summed E-state index contributed by atoms with van der Waals surface area (Å²) in [5, 5.41) is 4.89. The van der Waals surface area contributed by atoms with Gasteiger partial charge in [0, 0.05) is 13.6 Å². The van der Waals surface area contributed by atoms with Crippen LogP contribution in [0.2, 0.25) is 0 Å². The monoisotopic (exact) mass is 245 g/mol. The van der Waals surface area contributed by atoms with E-state index in [1.54, 1.807) is 0 Å². The first kappa shape index (κ1) is 15.2. The molecule has 0 aliphatic carbocycles. The largest absolute Gasteiger partial charge is 0.453 e. The summed E-state index contributed by atoms with van der Waals surface area (Å²) in [7, 11) is 2.70. The van der Waals surface area contributed by atoms with E-state index >= 15 is 0 Å². The molecule has 0 saturated carbocycles. The third-order valence-corrected chi connectivity index (χ3v) is 1.95. The Labute approximate surface area is 100 Å². The van der Waals surface area contributed by atoms with Crippen LogP contribution in [-0.4, -0.2) is 56.6 Å². The molecular weight excluding hydrogens is 226 g/mol. The molecule has 0 rings (SSSR count). The molecule has 7 heteroatoms. The number of likely N-dealkylation sites (N-methyl/N-ethyl adjacent to an activating group) is 1. The van der Waals surface area contributed by atoms with E-state index in [-0.39, 0.29) is 24.9 Å². The van der Waals surface area contributed by atoms with Crippen molar-refractivity contribution in [1.29, 1.82) is 0 Å². The summed E-state index contributed by atoms with van der Waals surface area (Å²) in [5.74, 6) is -0.581. The lowest BCUT2D eigenvalue weighted by atomic mass is 10.4. The van der Waals surface area contributed by atoms with E-state index in [9.17, 15) is 14.4 Å². The molecule has 0 radical (unpaired) electrons. The number of carbonyl (C=O) groups excluding carboxylic acids is 3. The Kier molecular flexibility index (Phi) is 7.49. The molecule has 0 saturated heterocycles. The molecule has 3 amide bonds. The van der Waals surface area contributed by atoms with Crippen molar-refractivity contribution in [2.75, 3.05) is 33.8 Å². The van der Waals surface area contributed by atoms with E-state index in [2.05, 4.69) is 15.4 Å². The molecule has 98 valence electrons. The second-order valence-corrected chi connectivity index (χ2v) is 3.44. The maximum Gasteiger partial charge on any atom is 0.407 e. The zero-order valence-electron chi connectivity index (χ0n) is 10.4. The fraction of sp³-hybridized carbons (Fsp3) is 0.700. The molecule has 0 heterocycles. The van der Waals surface area contributed by atoms with Crippen molar-refractivity contribution in [2.24, 2.45) is 0 Å². The highest BCUT2D eigenvalue weighted by Gasteiger charge is 2.13. The van der Waals surface area contributed by atoms with Gasteiger partial charge in [0.15, 0.2) is 0 Å². The van der Waals surface area contributed by atoms with E-state index in [0.717, 1.165) is 6.42 Å². The van der Waals surface area contributed by atoms with Crippen molar-refractivity contribution in [2.45, 2.75) is 13.3 Å². The van der Waals surface area contributed by atoms with Gasteiger partial charge in [-0.3, -0.25) is 9.59 Å². The Morgan fingerprint density at radius 2 is 1.88 bits per heavy atom. The SMILES string of the molecule is CCCNC(=O)CN(C)C(=O)CNC(=O)OC. The van der Waals surface area contributed by atoms with Gasteiger partial charge in [0.1, 0.15) is 6.54 Å². The minimum Gasteiger partial charge on any atom is -0.453 e. The van der Waals surface area contributed by atoms with E-state index in [4.69, 9.17) is 0 Å². The smallest absolute Gasteiger partial charge is 0.407 e. The number of hydrogen-bond donors (Lipinski definition) is 2. The Hall–Kier alpha value is -1.79. The molecule has 0 aromatic heterocycles. The molecule has 0 aliphatic rings. The van der Waals surface area contributed by atoms with Gasteiger partial charge >= 0.3 is 6.09 Å². The van der Waals surface area contributed by atoms with Gasteiger partial charge in [-0.2, -0.15) is 0 Å². The van der Waals surface area contributed by atoms with Crippen LogP contribution < -0.4 is 10.6 Å². The highest BCUT2D eigenvalue weighted by atomic mass is 16.5. The highest BCUT2D eigenvalue weighted by Crippen LogP contribution is 1.85. The lowest BCUT2D eigenvalue weighted by Crippen LogP contribution is -2.43. The van der Waals surface area contributed by atoms with Crippen LogP contribution in [-0.2, 0) is 14.3 Å². The number of ether oxygens (including phenoxy) is 1. The summed E-state index contributed by atoms with van der Waals surface area (Å²) in [5.41, 5.74) is 0. The number of hydrogen-bond acceptors (Lipinski definition) is 4. The van der Waals surface area contributed by atoms with Crippen LogP contribution >= 0.6 is 0 Å². The van der Waals surface area contributed by atoms with Gasteiger partial charge in [0.2, 0.25) is 11.8 Å². The molecule has 7 nitrogen and oxygen atoms in total. The van der Waals surface area contributed by atoms with Crippen LogP contribution in [0.4, 0.5) is 4.79 Å². The van der Waals surface area contributed by atoms with Crippen LogP contribution in [0, 0.1) is 0 Å². The van der Waals surface area contributed by atoms with Crippen LogP contribution in [0.15, 0.2) is 0 Å². The quantitative estimate of drug-likeness (QED) is 0.649. The lowest BCUT2D eigenvalue weighted by Gasteiger charge is -2.16. The number of nitrogens with one attached hydrogen (secondary N) is 2. The first-order valence-electron chi connectivity index (χ1n) is 5.33. The van der Waals surface area contributed by atoms with Gasteiger partial charge in [-0.05, 0) is 6.42 Å². The summed E-state index contributed by atoms with van der Waals surface area (Å²) < 4.78 is 4.31. The van der Waals surface area contributed by atoms with E-state index in [1.807, 2.05) is 6.92 Å². The normalized spacial score (nSPS) is 9.35. The van der Waals surface area contributed by atoms with Crippen LogP contribution in [0.5, 0.6) is 0 Å². The first-order valence-corrected chi connectivity index (χ1v) is 5.33. The van der Waals surface area contributed by atoms with Gasteiger partial charge in [0.25, 0.3) is 0 Å². The summed E-state index contributed by atoms with van der Waals surface area (Å²) >= 11 is 0. The fourth-order valence-electron chi connectivity index (χ4n) is 0.979. The van der Waals surface area contributed by atoms with Crippen molar-refractivity contribution >= 4 is 17.9 Å². The van der Waals surface area contributed by atoms with E-state index < -0.39 is 6.09 Å². The molecule has 0 spiro atoms. The molecule has 0 aromatic rings. The summed E-state index contributed by atoms with van der Waals surface area (Å²) in [6.07, 6.45) is 0.162. The minimum absolute atomic E-state index is 0.0261. The predicted octanol–water partition coefficient (Wildman–Crippen LogP) is -0.673. The number of alkyl carbamates (subject to hydrolysis) is 1. The molecule has 0 bridgehead atoms. The molecule has 0 unspecified atom stereocenters. The molecule has 0 fully saturated rings. The van der Waals surface area contributed by atoms with Crippen molar-refractivity contribution in [3.8, 4) is 0 Å². The van der Waals surface area contributed by atoms with Crippen molar-refractivity contribution < 1.29 is 19.1 Å². The number of carbonyl (C=O) groups is 3. The van der Waals surface area contributed by atoms with Crippen molar-refractivity contribution in [3.63, 3.8) is 0 Å². The fourth-order valence-corrected chi connectivity index (χ4v) is 0.979. The average Bonchev–Trinajstić information content (AvgIpc) is 2.32. The zero-order valence-corrected chi connectivity index (χ0v) is 10.4. The van der Waals surface area contributed by atoms with Gasteiger partial charge in [-0.15, -0.1) is 0 Å². The van der Waals surface area contributed by atoms with Gasteiger partial charge < -0.3 is 20.3 Å². The lowest BCUT2D eigenvalue weighted by molar-refractivity contribution is -0.133. The minimum atomic E-state index is -0.679. The maximum absolute atomic E-state index is 11.4. The summed E-state index contributed by atoms with van der Waals surface area (Å²) in [6, 6.07) is 0. The maximum atomic E-state index is 11.4. The molecule has 0 aliphatic heterocycles. The number of nitrogens with zero attached hydrogens (tertiary/aromatic N) is 1. The Balaban J connectivity index is 3.88. The van der Waals surface area contributed by atoms with Gasteiger partial charge in [0.05, 0.1) is 13.7 Å². The summed E-state index contributed by atoms with van der Waals surface area (Å²) in [4.78, 5) is 34.7. The second kappa shape index (κ2) is 8.37. The zero-order chi connectivity index (χ0) is 13.3. The van der Waals surface area contributed by atoms with Crippen molar-refractivity contribution in [3.05, 3.63) is 0 Å². The van der Waals surface area contributed by atoms with E-state index in [0.29, 0.717) is 6.54 Å². The Morgan fingerprint density at radius 3 is 2.41 bits per heavy atom. The second-order valence-electron chi connectivity index (χ2n) is 3.44. The predicted molar refractivity (Wildman–Crippen MR) is 61.3 cm³/mol. The average molecular weight is 245 g/mol. The summed E-state index contributed by atoms with van der Waals surface area (Å²) in [6.45, 7) is 2.31. The molecule has 0 atom stereocenters. The van der Waals surface area contributed by atoms with Crippen LogP contribution in [0.3, 0.4) is 0 Å². The van der Waals surface area contributed by atoms with Crippen molar-refractivity contribution in [1.82, 2.24) is 15.5 Å². The number of amides is 3. The third-order valence-electron chi connectivity index (χ3n) is 1.95.